The van der Waals surface area contributed by atoms with E-state index < -0.39 is 0 Å². The first-order valence-electron chi connectivity index (χ1n) is 7.30. The summed E-state index contributed by atoms with van der Waals surface area (Å²) in [6.45, 7) is 2.82. The summed E-state index contributed by atoms with van der Waals surface area (Å²) in [5, 5.41) is 6.77. The highest BCUT2D eigenvalue weighted by atomic mass is 35.5. The topological polar surface area (TPSA) is 98.3 Å². The van der Waals surface area contributed by atoms with Gasteiger partial charge in [0.15, 0.2) is 5.65 Å². The maximum atomic E-state index is 6.53. The minimum Gasteiger partial charge on any atom is -0.383 e. The molecule has 0 saturated heterocycles. The Morgan fingerprint density at radius 3 is 2.96 bits per heavy atom. The minimum atomic E-state index is 0.384. The zero-order valence-electron chi connectivity index (χ0n) is 12.4. The Balaban J connectivity index is 2.06. The molecule has 8 heteroatoms. The van der Waals surface area contributed by atoms with Crippen LogP contribution < -0.4 is 5.73 Å². The Morgan fingerprint density at radius 1 is 1.30 bits per heavy atom. The number of anilines is 1. The molecule has 3 N–H and O–H groups in total. The Morgan fingerprint density at radius 2 is 2.17 bits per heavy atom. The van der Waals surface area contributed by atoms with Crippen molar-refractivity contribution in [3.63, 3.8) is 0 Å². The number of nitrogen functional groups attached to an aromatic ring is 1. The third kappa shape index (κ3) is 2.04. The Kier molecular flexibility index (Phi) is 3.16. The number of nitrogens with two attached hydrogens (primary N) is 1. The van der Waals surface area contributed by atoms with Gasteiger partial charge in [-0.25, -0.2) is 19.6 Å². The van der Waals surface area contributed by atoms with E-state index in [0.29, 0.717) is 38.9 Å². The van der Waals surface area contributed by atoms with Gasteiger partial charge in [0.1, 0.15) is 23.5 Å². The van der Waals surface area contributed by atoms with Crippen LogP contribution in [0, 0.1) is 0 Å². The summed E-state index contributed by atoms with van der Waals surface area (Å²) < 4.78 is 1.83. The third-order valence-electron chi connectivity index (χ3n) is 3.74. The second-order valence-corrected chi connectivity index (χ2v) is 5.62. The summed E-state index contributed by atoms with van der Waals surface area (Å²) in [6, 6.07) is 3.76. The second-order valence-electron chi connectivity index (χ2n) is 5.24. The molecule has 0 saturated carbocycles. The lowest BCUT2D eigenvalue weighted by Gasteiger charge is -1.98. The van der Waals surface area contributed by atoms with Crippen molar-refractivity contribution in [1.82, 2.24) is 29.7 Å². The van der Waals surface area contributed by atoms with Crippen molar-refractivity contribution in [3.8, 4) is 11.4 Å². The van der Waals surface area contributed by atoms with E-state index in [-0.39, 0.29) is 0 Å². The number of hydrogen-bond acceptors (Lipinski definition) is 5. The van der Waals surface area contributed by atoms with E-state index in [1.807, 2.05) is 16.8 Å². The molecule has 0 unspecified atom stereocenters. The van der Waals surface area contributed by atoms with E-state index in [1.54, 1.807) is 6.20 Å². The number of rotatable bonds is 3. The number of aromatic nitrogens is 6. The number of H-pyrrole nitrogens is 1. The zero-order valence-corrected chi connectivity index (χ0v) is 13.2. The Labute approximate surface area is 136 Å². The molecule has 116 valence electrons. The predicted molar refractivity (Wildman–Crippen MR) is 90.1 cm³/mol. The van der Waals surface area contributed by atoms with Crippen molar-refractivity contribution >= 4 is 39.5 Å². The summed E-state index contributed by atoms with van der Waals surface area (Å²) in [6.07, 6.45) is 4.09. The van der Waals surface area contributed by atoms with E-state index in [4.69, 9.17) is 17.3 Å². The highest BCUT2D eigenvalue weighted by Crippen LogP contribution is 2.37. The minimum absolute atomic E-state index is 0.384. The van der Waals surface area contributed by atoms with E-state index in [2.05, 4.69) is 32.0 Å². The number of aryl methyl sites for hydroxylation is 1. The molecule has 0 aliphatic rings. The lowest BCUT2D eigenvalue weighted by atomic mass is 10.2. The normalized spacial score (nSPS) is 11.6. The zero-order chi connectivity index (χ0) is 16.0. The number of hydrogen-bond donors (Lipinski definition) is 2. The van der Waals surface area contributed by atoms with Crippen molar-refractivity contribution in [2.75, 3.05) is 5.73 Å². The number of aromatic amines is 1. The molecule has 0 atom stereocenters. The highest BCUT2D eigenvalue weighted by molar-refractivity contribution is 6.38. The van der Waals surface area contributed by atoms with Crippen LogP contribution in [0.4, 0.5) is 5.82 Å². The van der Waals surface area contributed by atoms with E-state index in [1.165, 1.54) is 6.33 Å². The fraction of sp³-hybridized carbons (Fsp3) is 0.200. The highest BCUT2D eigenvalue weighted by Gasteiger charge is 2.21. The molecule has 4 heterocycles. The molecule has 0 aromatic carbocycles. The molecule has 0 aliphatic heterocycles. The summed E-state index contributed by atoms with van der Waals surface area (Å²) in [5.74, 6) is 0.384. The number of halogens is 1. The summed E-state index contributed by atoms with van der Waals surface area (Å²) in [5.41, 5.74) is 8.82. The smallest absolute Gasteiger partial charge is 0.164 e. The maximum Gasteiger partial charge on any atom is 0.164 e. The molecule has 4 aromatic heterocycles. The van der Waals surface area contributed by atoms with Crippen LogP contribution in [0.3, 0.4) is 0 Å². The van der Waals surface area contributed by atoms with Gasteiger partial charge in [-0.1, -0.05) is 18.5 Å². The standard InChI is InChI=1S/C15H14ClN7/c1-2-6-23-15-9(13(17)19-7-20-15)11(22-23)12-10(16)8-4-3-5-18-14(8)21-12/h3-5,7H,2,6H2,1H3,(H,18,21)(H2,17,19,20). The first-order chi connectivity index (χ1) is 11.2. The monoisotopic (exact) mass is 327 g/mol. The molecular weight excluding hydrogens is 314 g/mol. The molecule has 0 fully saturated rings. The third-order valence-corrected chi connectivity index (χ3v) is 4.13. The average molecular weight is 328 g/mol. The lowest BCUT2D eigenvalue weighted by molar-refractivity contribution is 0.618. The SMILES string of the molecule is CCCn1nc(-c2[nH]c3ncccc3c2Cl)c2c(N)ncnc21. The van der Waals surface area contributed by atoms with Crippen molar-refractivity contribution in [2.24, 2.45) is 0 Å². The van der Waals surface area contributed by atoms with Gasteiger partial charge in [-0.3, -0.25) is 0 Å². The van der Waals surface area contributed by atoms with Crippen LogP contribution in [0.1, 0.15) is 13.3 Å². The molecule has 0 aliphatic carbocycles. The van der Waals surface area contributed by atoms with Gasteiger partial charge in [0, 0.05) is 18.1 Å². The van der Waals surface area contributed by atoms with Gasteiger partial charge >= 0.3 is 0 Å². The van der Waals surface area contributed by atoms with Crippen LogP contribution in [-0.4, -0.2) is 29.7 Å². The van der Waals surface area contributed by atoms with Crippen molar-refractivity contribution < 1.29 is 0 Å². The number of nitrogens with zero attached hydrogens (tertiary/aromatic N) is 5. The quantitative estimate of drug-likeness (QED) is 0.602. The van der Waals surface area contributed by atoms with Crippen LogP contribution in [0.25, 0.3) is 33.5 Å². The lowest BCUT2D eigenvalue weighted by Crippen LogP contribution is -2.00. The van der Waals surface area contributed by atoms with Crippen molar-refractivity contribution in [1.29, 1.82) is 0 Å². The molecule has 4 aromatic rings. The maximum absolute atomic E-state index is 6.53. The first kappa shape index (κ1) is 14.0. The fourth-order valence-electron chi connectivity index (χ4n) is 2.73. The van der Waals surface area contributed by atoms with Gasteiger partial charge < -0.3 is 10.7 Å². The number of pyridine rings is 1. The summed E-state index contributed by atoms with van der Waals surface area (Å²) in [4.78, 5) is 15.9. The largest absolute Gasteiger partial charge is 0.383 e. The van der Waals surface area contributed by atoms with Crippen LogP contribution >= 0.6 is 11.6 Å². The van der Waals surface area contributed by atoms with Gasteiger partial charge in [0.05, 0.1) is 16.1 Å². The van der Waals surface area contributed by atoms with Gasteiger partial charge in [-0.15, -0.1) is 0 Å². The molecule has 0 radical (unpaired) electrons. The fourth-order valence-corrected chi connectivity index (χ4v) is 3.02. The van der Waals surface area contributed by atoms with Crippen LogP contribution in [-0.2, 0) is 6.54 Å². The molecule has 7 nitrogen and oxygen atoms in total. The number of nitrogens with one attached hydrogen (secondary N) is 1. The van der Waals surface area contributed by atoms with Gasteiger partial charge in [0.25, 0.3) is 0 Å². The Bertz CT molecular complexity index is 1020. The van der Waals surface area contributed by atoms with E-state index in [0.717, 1.165) is 18.4 Å². The first-order valence-corrected chi connectivity index (χ1v) is 7.68. The summed E-state index contributed by atoms with van der Waals surface area (Å²) >= 11 is 6.53. The van der Waals surface area contributed by atoms with Crippen LogP contribution in [0.15, 0.2) is 24.7 Å². The Hall–Kier alpha value is -2.67. The van der Waals surface area contributed by atoms with E-state index in [9.17, 15) is 0 Å². The molecule has 0 bridgehead atoms. The van der Waals surface area contributed by atoms with Crippen molar-refractivity contribution in [2.45, 2.75) is 19.9 Å². The molecule has 0 amide bonds. The second kappa shape index (κ2) is 5.20. The molecule has 23 heavy (non-hydrogen) atoms. The van der Waals surface area contributed by atoms with Crippen molar-refractivity contribution in [3.05, 3.63) is 29.7 Å². The number of fused-ring (bicyclic) bond motifs is 2. The summed E-state index contributed by atoms with van der Waals surface area (Å²) in [7, 11) is 0. The van der Waals surface area contributed by atoms with Gasteiger partial charge in [0.2, 0.25) is 0 Å². The molecule has 4 rings (SSSR count). The predicted octanol–water partition coefficient (Wildman–Crippen LogP) is 3.02. The van der Waals surface area contributed by atoms with E-state index >= 15 is 0 Å². The average Bonchev–Trinajstić information content (AvgIpc) is 3.08. The van der Waals surface area contributed by atoms with Crippen LogP contribution in [0.5, 0.6) is 0 Å². The molecular formula is C15H14ClN7. The van der Waals surface area contributed by atoms with Gasteiger partial charge in [-0.05, 0) is 18.6 Å². The van der Waals surface area contributed by atoms with Gasteiger partial charge in [-0.2, -0.15) is 5.10 Å². The van der Waals surface area contributed by atoms with Crippen LogP contribution in [0.2, 0.25) is 5.02 Å². The molecule has 0 spiro atoms.